The van der Waals surface area contributed by atoms with E-state index in [9.17, 15) is 14.7 Å². The zero-order valence-electron chi connectivity index (χ0n) is 14.9. The number of hydrazone groups is 1. The summed E-state index contributed by atoms with van der Waals surface area (Å²) in [6.45, 7) is 3.35. The van der Waals surface area contributed by atoms with Crippen LogP contribution in [0, 0.1) is 13.8 Å². The Hall–Kier alpha value is -3.35. The number of para-hydroxylation sites is 1. The maximum Gasteiger partial charge on any atom is 0.259 e. The molecule has 0 aliphatic rings. The van der Waals surface area contributed by atoms with E-state index in [-0.39, 0.29) is 12.3 Å². The van der Waals surface area contributed by atoms with E-state index < -0.39 is 11.8 Å². The van der Waals surface area contributed by atoms with Crippen molar-refractivity contribution in [2.45, 2.75) is 13.8 Å². The molecule has 3 N–H and O–H groups in total. The number of aryl methyl sites for hydroxylation is 2. The fraction of sp³-hybridized carbons (Fsp3) is 0.211. The van der Waals surface area contributed by atoms with E-state index in [2.05, 4.69) is 15.8 Å². The maximum absolute atomic E-state index is 12.1. The van der Waals surface area contributed by atoms with E-state index in [1.807, 2.05) is 0 Å². The predicted octanol–water partition coefficient (Wildman–Crippen LogP) is 1.90. The molecule has 0 aliphatic heterocycles. The fourth-order valence-electron chi connectivity index (χ4n) is 2.37. The summed E-state index contributed by atoms with van der Waals surface area (Å²) in [5.41, 5.74) is 4.88. The Kier molecular flexibility index (Phi) is 6.32. The van der Waals surface area contributed by atoms with Gasteiger partial charge >= 0.3 is 0 Å². The second-order valence-corrected chi connectivity index (χ2v) is 5.68. The molecule has 136 valence electrons. The molecule has 0 aromatic heterocycles. The standard InChI is InChI=1S/C19H21N3O4/c1-12-8-14(9-13(2)18(12)24)10-21-22-17(23)11-20-19(25)15-6-4-5-7-16(15)26-3/h4-10,24H,11H2,1-3H3,(H,20,25)(H,22,23)/b21-10+. The van der Waals surface area contributed by atoms with Gasteiger partial charge in [0.25, 0.3) is 11.8 Å². The van der Waals surface area contributed by atoms with E-state index >= 15 is 0 Å². The van der Waals surface area contributed by atoms with Gasteiger partial charge < -0.3 is 15.2 Å². The molecule has 0 unspecified atom stereocenters. The molecule has 7 nitrogen and oxygen atoms in total. The number of aromatic hydroxyl groups is 1. The lowest BCUT2D eigenvalue weighted by atomic mass is 10.1. The van der Waals surface area contributed by atoms with Crippen molar-refractivity contribution >= 4 is 18.0 Å². The molecule has 7 heteroatoms. The third-order valence-electron chi connectivity index (χ3n) is 3.68. The van der Waals surface area contributed by atoms with Gasteiger partial charge in [0.2, 0.25) is 0 Å². The van der Waals surface area contributed by atoms with Crippen molar-refractivity contribution in [1.29, 1.82) is 0 Å². The van der Waals surface area contributed by atoms with Crippen LogP contribution in [0.4, 0.5) is 0 Å². The van der Waals surface area contributed by atoms with Crippen LogP contribution in [0.3, 0.4) is 0 Å². The number of nitrogens with zero attached hydrogens (tertiary/aromatic N) is 1. The SMILES string of the molecule is COc1ccccc1C(=O)NCC(=O)N/N=C/c1cc(C)c(O)c(C)c1. The Bertz CT molecular complexity index is 823. The Morgan fingerprint density at radius 1 is 1.19 bits per heavy atom. The number of hydrogen-bond donors (Lipinski definition) is 3. The van der Waals surface area contributed by atoms with Gasteiger partial charge in [-0.2, -0.15) is 5.10 Å². The summed E-state index contributed by atoms with van der Waals surface area (Å²) in [5, 5.41) is 16.1. The number of phenolic OH excluding ortho intramolecular Hbond substituents is 1. The lowest BCUT2D eigenvalue weighted by Gasteiger charge is -2.08. The predicted molar refractivity (Wildman–Crippen MR) is 98.6 cm³/mol. The Morgan fingerprint density at radius 2 is 1.85 bits per heavy atom. The fourth-order valence-corrected chi connectivity index (χ4v) is 2.37. The first kappa shape index (κ1) is 19.0. The molecule has 0 heterocycles. The van der Waals surface area contributed by atoms with Crippen molar-refractivity contribution in [3.8, 4) is 11.5 Å². The van der Waals surface area contributed by atoms with Crippen molar-refractivity contribution in [2.24, 2.45) is 5.10 Å². The van der Waals surface area contributed by atoms with Crippen molar-refractivity contribution < 1.29 is 19.4 Å². The molecule has 2 aromatic rings. The number of rotatable bonds is 6. The molecule has 0 saturated carbocycles. The number of carbonyl (C=O) groups is 2. The van der Waals surface area contributed by atoms with Gasteiger partial charge in [-0.15, -0.1) is 0 Å². The van der Waals surface area contributed by atoms with Gasteiger partial charge in [0, 0.05) is 0 Å². The van der Waals surface area contributed by atoms with Gasteiger partial charge in [-0.05, 0) is 54.8 Å². The topological polar surface area (TPSA) is 100 Å². The van der Waals surface area contributed by atoms with Crippen LogP contribution in [0.1, 0.15) is 27.0 Å². The number of amides is 2. The zero-order valence-corrected chi connectivity index (χ0v) is 14.9. The van der Waals surface area contributed by atoms with Crippen molar-refractivity contribution in [1.82, 2.24) is 10.7 Å². The van der Waals surface area contributed by atoms with Crippen LogP contribution in [0.2, 0.25) is 0 Å². The highest BCUT2D eigenvalue weighted by atomic mass is 16.5. The second kappa shape index (κ2) is 8.66. The van der Waals surface area contributed by atoms with Gasteiger partial charge in [-0.25, -0.2) is 5.43 Å². The summed E-state index contributed by atoms with van der Waals surface area (Å²) >= 11 is 0. The number of phenols is 1. The van der Waals surface area contributed by atoms with Gasteiger partial charge in [0.05, 0.1) is 25.4 Å². The highest BCUT2D eigenvalue weighted by Gasteiger charge is 2.12. The Morgan fingerprint density at radius 3 is 2.50 bits per heavy atom. The van der Waals surface area contributed by atoms with E-state index in [0.29, 0.717) is 11.3 Å². The van der Waals surface area contributed by atoms with Crippen LogP contribution in [0.25, 0.3) is 0 Å². The Labute approximate surface area is 151 Å². The summed E-state index contributed by atoms with van der Waals surface area (Å²) in [6.07, 6.45) is 1.47. The van der Waals surface area contributed by atoms with Crippen LogP contribution in [-0.4, -0.2) is 36.8 Å². The summed E-state index contributed by atoms with van der Waals surface area (Å²) in [4.78, 5) is 23.9. The van der Waals surface area contributed by atoms with E-state index in [0.717, 1.165) is 16.7 Å². The third kappa shape index (κ3) is 4.83. The number of methoxy groups -OCH3 is 1. The van der Waals surface area contributed by atoms with Crippen LogP contribution in [0.5, 0.6) is 11.5 Å². The monoisotopic (exact) mass is 355 g/mol. The first-order valence-electron chi connectivity index (χ1n) is 7.95. The molecule has 0 fully saturated rings. The minimum absolute atomic E-state index is 0.220. The molecule has 26 heavy (non-hydrogen) atoms. The van der Waals surface area contributed by atoms with Gasteiger partial charge in [0.1, 0.15) is 11.5 Å². The summed E-state index contributed by atoms with van der Waals surface area (Å²) in [6, 6.07) is 10.2. The first-order chi connectivity index (χ1) is 12.4. The molecule has 0 spiro atoms. The molecule has 2 amide bonds. The van der Waals surface area contributed by atoms with Gasteiger partial charge in [-0.1, -0.05) is 12.1 Å². The van der Waals surface area contributed by atoms with Crippen molar-refractivity contribution in [3.63, 3.8) is 0 Å². The molecule has 2 rings (SSSR count). The summed E-state index contributed by atoms with van der Waals surface area (Å²) in [5.74, 6) is -0.199. The van der Waals surface area contributed by atoms with E-state index in [1.54, 1.807) is 50.2 Å². The average Bonchev–Trinajstić information content (AvgIpc) is 2.64. The number of carbonyl (C=O) groups excluding carboxylic acids is 2. The van der Waals surface area contributed by atoms with Crippen LogP contribution >= 0.6 is 0 Å². The first-order valence-corrected chi connectivity index (χ1v) is 7.95. The van der Waals surface area contributed by atoms with Crippen LogP contribution < -0.4 is 15.5 Å². The molecule has 0 atom stereocenters. The highest BCUT2D eigenvalue weighted by molar-refractivity contribution is 5.98. The summed E-state index contributed by atoms with van der Waals surface area (Å²) in [7, 11) is 1.47. The quantitative estimate of drug-likeness (QED) is 0.544. The molecule has 0 aliphatic carbocycles. The molecule has 0 bridgehead atoms. The summed E-state index contributed by atoms with van der Waals surface area (Å²) < 4.78 is 5.11. The second-order valence-electron chi connectivity index (χ2n) is 5.68. The van der Waals surface area contributed by atoms with Crippen LogP contribution in [-0.2, 0) is 4.79 Å². The molecule has 0 saturated heterocycles. The minimum Gasteiger partial charge on any atom is -0.507 e. The lowest BCUT2D eigenvalue weighted by molar-refractivity contribution is -0.120. The van der Waals surface area contributed by atoms with Crippen molar-refractivity contribution in [3.05, 3.63) is 58.7 Å². The maximum atomic E-state index is 12.1. The molecular weight excluding hydrogens is 334 g/mol. The van der Waals surface area contributed by atoms with Gasteiger partial charge in [-0.3, -0.25) is 9.59 Å². The largest absolute Gasteiger partial charge is 0.507 e. The Balaban J connectivity index is 1.88. The average molecular weight is 355 g/mol. The number of nitrogens with one attached hydrogen (secondary N) is 2. The minimum atomic E-state index is -0.461. The van der Waals surface area contributed by atoms with E-state index in [1.165, 1.54) is 13.3 Å². The molecule has 2 aromatic carbocycles. The molecular formula is C19H21N3O4. The normalized spacial score (nSPS) is 10.6. The lowest BCUT2D eigenvalue weighted by Crippen LogP contribution is -2.35. The zero-order chi connectivity index (χ0) is 19.1. The third-order valence-corrected chi connectivity index (χ3v) is 3.68. The number of ether oxygens (including phenoxy) is 1. The van der Waals surface area contributed by atoms with Crippen molar-refractivity contribution in [2.75, 3.05) is 13.7 Å². The molecule has 0 radical (unpaired) electrons. The smallest absolute Gasteiger partial charge is 0.259 e. The van der Waals surface area contributed by atoms with Crippen LogP contribution in [0.15, 0.2) is 41.5 Å². The van der Waals surface area contributed by atoms with Gasteiger partial charge in [0.15, 0.2) is 0 Å². The highest BCUT2D eigenvalue weighted by Crippen LogP contribution is 2.22. The van der Waals surface area contributed by atoms with E-state index in [4.69, 9.17) is 4.74 Å². The number of hydrogen-bond acceptors (Lipinski definition) is 5. The number of benzene rings is 2.